The molecule has 2 rings (SSSR count). The summed E-state index contributed by atoms with van der Waals surface area (Å²) in [6.45, 7) is 6.75. The predicted molar refractivity (Wildman–Crippen MR) is 44.2 cm³/mol. The molecule has 2 atom stereocenters. The van der Waals surface area contributed by atoms with Crippen molar-refractivity contribution >= 4 is 6.29 Å². The Bertz CT molecular complexity index is 191. The molecule has 0 saturated heterocycles. The lowest BCUT2D eigenvalue weighted by molar-refractivity contribution is -0.115. The average Bonchev–Trinajstić information content (AvgIpc) is 2.31. The van der Waals surface area contributed by atoms with Crippen molar-refractivity contribution in [2.24, 2.45) is 22.7 Å². The van der Waals surface area contributed by atoms with E-state index in [2.05, 4.69) is 20.8 Å². The van der Waals surface area contributed by atoms with Crippen molar-refractivity contribution in [1.82, 2.24) is 0 Å². The lowest BCUT2D eigenvalue weighted by atomic mass is 9.82. The van der Waals surface area contributed by atoms with Crippen molar-refractivity contribution in [3.8, 4) is 0 Å². The number of hydrogen-bond acceptors (Lipinski definition) is 1. The van der Waals surface area contributed by atoms with E-state index in [1.807, 2.05) is 0 Å². The number of carbonyl (C=O) groups excluding carboxylic acids is 1. The highest BCUT2D eigenvalue weighted by Gasteiger charge is 2.64. The number of hydrogen-bond donors (Lipinski definition) is 0. The molecule has 2 saturated carbocycles. The summed E-state index contributed by atoms with van der Waals surface area (Å²) in [5, 5.41) is 0. The Morgan fingerprint density at radius 2 is 1.64 bits per heavy atom. The van der Waals surface area contributed by atoms with Gasteiger partial charge in [-0.05, 0) is 30.1 Å². The van der Waals surface area contributed by atoms with Gasteiger partial charge in [0.1, 0.15) is 6.29 Å². The number of aldehydes is 1. The molecule has 2 aliphatic rings. The number of carbonyl (C=O) groups is 1. The molecule has 1 heteroatoms. The largest absolute Gasteiger partial charge is 0.303 e. The van der Waals surface area contributed by atoms with Crippen LogP contribution in [0.3, 0.4) is 0 Å². The molecule has 0 aromatic carbocycles. The smallest absolute Gasteiger partial charge is 0.125 e. The minimum absolute atomic E-state index is 0.0326. The molecule has 2 aliphatic carbocycles. The molecule has 0 radical (unpaired) electrons. The molecule has 2 fully saturated rings. The van der Waals surface area contributed by atoms with Crippen LogP contribution < -0.4 is 0 Å². The molecule has 0 aromatic heterocycles. The molecule has 1 nitrogen and oxygen atoms in total. The highest BCUT2D eigenvalue weighted by molar-refractivity contribution is 5.60. The zero-order chi connectivity index (χ0) is 8.28. The summed E-state index contributed by atoms with van der Waals surface area (Å²) in [5.74, 6) is 1.69. The van der Waals surface area contributed by atoms with E-state index in [0.29, 0.717) is 5.41 Å². The Morgan fingerprint density at radius 3 is 2.00 bits per heavy atom. The van der Waals surface area contributed by atoms with Gasteiger partial charge in [-0.1, -0.05) is 20.8 Å². The van der Waals surface area contributed by atoms with Crippen molar-refractivity contribution in [2.75, 3.05) is 0 Å². The minimum Gasteiger partial charge on any atom is -0.303 e. The summed E-state index contributed by atoms with van der Waals surface area (Å²) in [5.41, 5.74) is 0.591. The van der Waals surface area contributed by atoms with Crippen molar-refractivity contribution < 1.29 is 4.79 Å². The molecule has 11 heavy (non-hydrogen) atoms. The van der Waals surface area contributed by atoms with Gasteiger partial charge in [-0.2, -0.15) is 0 Å². The second kappa shape index (κ2) is 1.70. The fourth-order valence-electron chi connectivity index (χ4n) is 2.85. The molecule has 62 valence electrons. The second-order valence-electron chi connectivity index (χ2n) is 5.21. The van der Waals surface area contributed by atoms with E-state index < -0.39 is 0 Å². The molecule has 0 heterocycles. The van der Waals surface area contributed by atoms with Crippen LogP contribution in [-0.4, -0.2) is 6.29 Å². The van der Waals surface area contributed by atoms with Gasteiger partial charge in [0.05, 0.1) is 0 Å². The summed E-state index contributed by atoms with van der Waals surface area (Å²) >= 11 is 0. The molecule has 0 spiro atoms. The normalized spacial score (nSPS) is 43.2. The van der Waals surface area contributed by atoms with Gasteiger partial charge < -0.3 is 4.79 Å². The predicted octanol–water partition coefficient (Wildman–Crippen LogP) is 2.26. The maximum atomic E-state index is 10.7. The zero-order valence-corrected chi connectivity index (χ0v) is 7.55. The lowest BCUT2D eigenvalue weighted by Crippen LogP contribution is -2.18. The van der Waals surface area contributed by atoms with Gasteiger partial charge in [0, 0.05) is 5.41 Å². The van der Waals surface area contributed by atoms with E-state index in [4.69, 9.17) is 0 Å². The molecule has 0 aromatic rings. The van der Waals surface area contributed by atoms with Crippen LogP contribution in [0.1, 0.15) is 33.6 Å². The highest BCUT2D eigenvalue weighted by atomic mass is 16.1. The first kappa shape index (κ1) is 7.33. The van der Waals surface area contributed by atoms with Gasteiger partial charge in [0.25, 0.3) is 0 Å². The Hall–Kier alpha value is -0.330. The average molecular weight is 152 g/mol. The van der Waals surface area contributed by atoms with Gasteiger partial charge in [-0.15, -0.1) is 0 Å². The summed E-state index contributed by atoms with van der Waals surface area (Å²) < 4.78 is 0. The maximum Gasteiger partial charge on any atom is 0.125 e. The first-order valence-electron chi connectivity index (χ1n) is 4.46. The second-order valence-corrected chi connectivity index (χ2v) is 5.21. The van der Waals surface area contributed by atoms with E-state index in [1.54, 1.807) is 0 Å². The van der Waals surface area contributed by atoms with Crippen LogP contribution in [0.15, 0.2) is 0 Å². The quantitative estimate of drug-likeness (QED) is 0.527. The Balaban J connectivity index is 2.10. The summed E-state index contributed by atoms with van der Waals surface area (Å²) in [6, 6.07) is 0. The van der Waals surface area contributed by atoms with Crippen LogP contribution in [0.5, 0.6) is 0 Å². The van der Waals surface area contributed by atoms with Crippen molar-refractivity contribution in [2.45, 2.75) is 33.6 Å². The van der Waals surface area contributed by atoms with E-state index in [1.165, 1.54) is 0 Å². The SMILES string of the molecule is CC1(C=O)C[C@@H]2[C@@H](C1)C2(C)C. The van der Waals surface area contributed by atoms with Crippen LogP contribution in [0, 0.1) is 22.7 Å². The van der Waals surface area contributed by atoms with Gasteiger partial charge in [-0.25, -0.2) is 0 Å². The van der Waals surface area contributed by atoms with E-state index in [-0.39, 0.29) is 5.41 Å². The van der Waals surface area contributed by atoms with Crippen LogP contribution in [0.2, 0.25) is 0 Å². The molecule has 0 bridgehead atoms. The lowest BCUT2D eigenvalue weighted by Gasteiger charge is -2.21. The van der Waals surface area contributed by atoms with Crippen LogP contribution in [0.4, 0.5) is 0 Å². The molecule has 0 aliphatic heterocycles. The molecule has 0 amide bonds. The van der Waals surface area contributed by atoms with Crippen molar-refractivity contribution in [1.29, 1.82) is 0 Å². The van der Waals surface area contributed by atoms with E-state index in [9.17, 15) is 4.79 Å². The summed E-state index contributed by atoms with van der Waals surface area (Å²) in [4.78, 5) is 10.7. The van der Waals surface area contributed by atoms with E-state index >= 15 is 0 Å². The fraction of sp³-hybridized carbons (Fsp3) is 0.900. The van der Waals surface area contributed by atoms with Crippen LogP contribution in [-0.2, 0) is 4.79 Å². The van der Waals surface area contributed by atoms with E-state index in [0.717, 1.165) is 31.0 Å². The van der Waals surface area contributed by atoms with Crippen LogP contribution >= 0.6 is 0 Å². The molecular weight excluding hydrogens is 136 g/mol. The zero-order valence-electron chi connectivity index (χ0n) is 7.55. The van der Waals surface area contributed by atoms with Crippen molar-refractivity contribution in [3.63, 3.8) is 0 Å². The summed E-state index contributed by atoms with van der Waals surface area (Å²) in [6.07, 6.45) is 3.43. The number of fused-ring (bicyclic) bond motifs is 1. The standard InChI is InChI=1S/C10H16O/c1-9(2)7-4-10(3,6-11)5-8(7)9/h6-8H,4-5H2,1-3H3/t7-,8-/m1/s1. The van der Waals surface area contributed by atoms with Gasteiger partial charge in [0.15, 0.2) is 0 Å². The first-order valence-corrected chi connectivity index (χ1v) is 4.46. The Morgan fingerprint density at radius 1 is 1.18 bits per heavy atom. The topological polar surface area (TPSA) is 17.1 Å². The van der Waals surface area contributed by atoms with Gasteiger partial charge in [-0.3, -0.25) is 0 Å². The Kier molecular flexibility index (Phi) is 1.13. The van der Waals surface area contributed by atoms with Gasteiger partial charge >= 0.3 is 0 Å². The van der Waals surface area contributed by atoms with Crippen molar-refractivity contribution in [3.05, 3.63) is 0 Å². The monoisotopic (exact) mass is 152 g/mol. The Labute approximate surface area is 68.2 Å². The third kappa shape index (κ3) is 0.800. The maximum absolute atomic E-state index is 10.7. The molecule has 0 N–H and O–H groups in total. The molecular formula is C10H16O. The fourth-order valence-corrected chi connectivity index (χ4v) is 2.85. The summed E-state index contributed by atoms with van der Waals surface area (Å²) in [7, 11) is 0. The van der Waals surface area contributed by atoms with Gasteiger partial charge in [0.2, 0.25) is 0 Å². The third-order valence-electron chi connectivity index (χ3n) is 3.94. The minimum atomic E-state index is 0.0326. The number of rotatable bonds is 1. The molecule has 0 unspecified atom stereocenters. The highest BCUT2D eigenvalue weighted by Crippen LogP contribution is 2.70. The third-order valence-corrected chi connectivity index (χ3v) is 3.94. The van der Waals surface area contributed by atoms with Crippen LogP contribution in [0.25, 0.3) is 0 Å². The first-order chi connectivity index (χ1) is 4.99.